The molecule has 1 atom stereocenters. The zero-order chi connectivity index (χ0) is 5.82. The van der Waals surface area contributed by atoms with Crippen LogP contribution < -0.4 is 5.32 Å². The molecule has 1 aliphatic heterocycles. The highest BCUT2D eigenvalue weighted by Crippen LogP contribution is 2.10. The average Bonchev–Trinajstić information content (AvgIpc) is 2.19. The molecule has 1 rings (SSSR count). The largest absolute Gasteiger partial charge is 0.377 e. The van der Waals surface area contributed by atoms with Crippen LogP contribution in [0.1, 0.15) is 12.8 Å². The fraction of sp³-hybridized carbons (Fsp3) is 1.00. The highest BCUT2D eigenvalue weighted by atomic mass is 16.5. The summed E-state index contributed by atoms with van der Waals surface area (Å²) in [7, 11) is 1.84. The first-order chi connectivity index (χ1) is 3.93. The van der Waals surface area contributed by atoms with Crippen molar-refractivity contribution in [1.29, 1.82) is 0 Å². The van der Waals surface area contributed by atoms with Crippen molar-refractivity contribution >= 4 is 0 Å². The van der Waals surface area contributed by atoms with E-state index in [9.17, 15) is 0 Å². The molecule has 1 saturated heterocycles. The number of hydrogen-bond donors (Lipinski definition) is 0. The molecule has 0 spiro atoms. The predicted octanol–water partition coefficient (Wildman–Crippen LogP) is 0.400. The molecule has 0 N–H and O–H groups in total. The lowest BCUT2D eigenvalue weighted by Gasteiger charge is -2.04. The third-order valence-corrected chi connectivity index (χ3v) is 1.41. The van der Waals surface area contributed by atoms with E-state index in [0.717, 1.165) is 13.2 Å². The Morgan fingerprint density at radius 3 is 3.12 bits per heavy atom. The number of ether oxygens (including phenoxy) is 1. The third kappa shape index (κ3) is 1.46. The highest BCUT2D eigenvalue weighted by Gasteiger charge is 2.13. The van der Waals surface area contributed by atoms with E-state index in [1.807, 2.05) is 7.05 Å². The molecule has 0 aliphatic carbocycles. The van der Waals surface area contributed by atoms with Gasteiger partial charge in [0.05, 0.1) is 6.10 Å². The van der Waals surface area contributed by atoms with Crippen molar-refractivity contribution in [2.75, 3.05) is 20.2 Å². The lowest BCUT2D eigenvalue weighted by molar-refractivity contribution is 0.111. The van der Waals surface area contributed by atoms with Crippen LogP contribution in [0.15, 0.2) is 0 Å². The van der Waals surface area contributed by atoms with E-state index in [0.29, 0.717) is 6.10 Å². The molecule has 1 fully saturated rings. The predicted molar refractivity (Wildman–Crippen MR) is 31.9 cm³/mol. The maximum Gasteiger partial charge on any atom is 0.0716 e. The maximum atomic E-state index is 5.30. The van der Waals surface area contributed by atoms with E-state index in [2.05, 4.69) is 5.32 Å². The molecule has 0 aromatic carbocycles. The lowest BCUT2D eigenvalue weighted by Crippen LogP contribution is -2.17. The molecule has 0 amide bonds. The quantitative estimate of drug-likeness (QED) is 0.509. The van der Waals surface area contributed by atoms with Crippen LogP contribution in [-0.4, -0.2) is 26.3 Å². The van der Waals surface area contributed by atoms with Crippen LogP contribution in [0.25, 0.3) is 0 Å². The first-order valence-corrected chi connectivity index (χ1v) is 3.10. The lowest BCUT2D eigenvalue weighted by atomic mass is 10.2. The zero-order valence-corrected chi connectivity index (χ0v) is 5.26. The van der Waals surface area contributed by atoms with Gasteiger partial charge in [0.2, 0.25) is 0 Å². The van der Waals surface area contributed by atoms with Gasteiger partial charge in [-0.1, -0.05) is 0 Å². The van der Waals surface area contributed by atoms with Crippen LogP contribution >= 0.6 is 0 Å². The Labute approximate surface area is 50.2 Å². The molecule has 0 bridgehead atoms. The topological polar surface area (TPSA) is 23.3 Å². The van der Waals surface area contributed by atoms with Crippen molar-refractivity contribution in [3.63, 3.8) is 0 Å². The van der Waals surface area contributed by atoms with Crippen LogP contribution in [0, 0.1) is 0 Å². The maximum absolute atomic E-state index is 5.30. The Balaban J connectivity index is 2.06. The molecule has 1 aliphatic rings. The van der Waals surface area contributed by atoms with Crippen molar-refractivity contribution in [2.45, 2.75) is 18.9 Å². The molecule has 0 aromatic heterocycles. The van der Waals surface area contributed by atoms with Gasteiger partial charge in [-0.25, -0.2) is 5.32 Å². The molecule has 0 saturated carbocycles. The van der Waals surface area contributed by atoms with Crippen molar-refractivity contribution in [1.82, 2.24) is 5.32 Å². The normalized spacial score (nSPS) is 28.9. The van der Waals surface area contributed by atoms with Crippen LogP contribution in [0.4, 0.5) is 0 Å². The minimum absolute atomic E-state index is 0.444. The summed E-state index contributed by atoms with van der Waals surface area (Å²) in [5.41, 5.74) is 0. The van der Waals surface area contributed by atoms with Crippen molar-refractivity contribution in [3.05, 3.63) is 0 Å². The molecular weight excluding hydrogens is 102 g/mol. The van der Waals surface area contributed by atoms with Crippen molar-refractivity contribution in [3.8, 4) is 0 Å². The number of likely N-dealkylation sites (N-methyl/N-ethyl adjacent to an activating group) is 1. The summed E-state index contributed by atoms with van der Waals surface area (Å²) in [5.74, 6) is 0. The highest BCUT2D eigenvalue weighted by molar-refractivity contribution is 4.65. The summed E-state index contributed by atoms with van der Waals surface area (Å²) >= 11 is 0. The summed E-state index contributed by atoms with van der Waals surface area (Å²) in [5, 5.41) is 3.99. The Kier molecular flexibility index (Phi) is 2.30. The average molecular weight is 114 g/mol. The van der Waals surface area contributed by atoms with Gasteiger partial charge >= 0.3 is 0 Å². The number of hydrogen-bond acceptors (Lipinski definition) is 1. The molecule has 2 heteroatoms. The van der Waals surface area contributed by atoms with E-state index in [1.165, 1.54) is 12.8 Å². The van der Waals surface area contributed by atoms with Crippen molar-refractivity contribution in [2.24, 2.45) is 0 Å². The van der Waals surface area contributed by atoms with Crippen LogP contribution in [-0.2, 0) is 4.74 Å². The minimum Gasteiger partial charge on any atom is -0.377 e. The molecule has 47 valence electrons. The fourth-order valence-electron chi connectivity index (χ4n) is 0.992. The summed E-state index contributed by atoms with van der Waals surface area (Å²) in [6, 6.07) is 0. The first kappa shape index (κ1) is 6.05. The Morgan fingerprint density at radius 2 is 2.62 bits per heavy atom. The van der Waals surface area contributed by atoms with E-state index < -0.39 is 0 Å². The molecule has 8 heavy (non-hydrogen) atoms. The summed E-state index contributed by atoms with van der Waals surface area (Å²) in [6.07, 6.45) is 2.87. The Bertz CT molecular complexity index is 59.5. The van der Waals surface area contributed by atoms with Crippen LogP contribution in [0.2, 0.25) is 0 Å². The molecule has 0 aromatic rings. The fourth-order valence-corrected chi connectivity index (χ4v) is 0.992. The smallest absolute Gasteiger partial charge is 0.0716 e. The van der Waals surface area contributed by atoms with Gasteiger partial charge in [-0.2, -0.15) is 0 Å². The standard InChI is InChI=1S/C6H12NO/c1-7-5-6-3-2-4-8-6/h6H,2-5H2,1H3. The van der Waals surface area contributed by atoms with Gasteiger partial charge in [0.25, 0.3) is 0 Å². The molecule has 1 radical (unpaired) electrons. The number of rotatable bonds is 2. The summed E-state index contributed by atoms with van der Waals surface area (Å²) in [6.45, 7) is 1.83. The Morgan fingerprint density at radius 1 is 1.75 bits per heavy atom. The first-order valence-electron chi connectivity index (χ1n) is 3.10. The zero-order valence-electron chi connectivity index (χ0n) is 5.26. The molecule has 1 unspecified atom stereocenters. The van der Waals surface area contributed by atoms with E-state index in [4.69, 9.17) is 4.74 Å². The van der Waals surface area contributed by atoms with Gasteiger partial charge in [0.15, 0.2) is 0 Å². The number of nitrogens with zero attached hydrogens (tertiary/aromatic N) is 1. The summed E-state index contributed by atoms with van der Waals surface area (Å²) < 4.78 is 5.30. The second kappa shape index (κ2) is 3.05. The second-order valence-corrected chi connectivity index (χ2v) is 2.13. The van der Waals surface area contributed by atoms with Gasteiger partial charge < -0.3 is 4.74 Å². The van der Waals surface area contributed by atoms with Crippen LogP contribution in [0.3, 0.4) is 0 Å². The van der Waals surface area contributed by atoms with Gasteiger partial charge in [0.1, 0.15) is 0 Å². The van der Waals surface area contributed by atoms with Gasteiger partial charge in [-0.15, -0.1) is 0 Å². The molecule has 1 heterocycles. The molecular formula is C6H12NO. The van der Waals surface area contributed by atoms with Gasteiger partial charge in [0, 0.05) is 20.2 Å². The summed E-state index contributed by atoms with van der Waals surface area (Å²) in [4.78, 5) is 0. The van der Waals surface area contributed by atoms with Crippen molar-refractivity contribution < 1.29 is 4.74 Å². The Hall–Kier alpha value is -0.0800. The minimum atomic E-state index is 0.444. The van der Waals surface area contributed by atoms with Gasteiger partial charge in [-0.3, -0.25) is 0 Å². The van der Waals surface area contributed by atoms with E-state index in [1.54, 1.807) is 0 Å². The SMILES string of the molecule is C[N]CC1CCCO1. The van der Waals surface area contributed by atoms with Crippen LogP contribution in [0.5, 0.6) is 0 Å². The molecule has 2 nitrogen and oxygen atoms in total. The second-order valence-electron chi connectivity index (χ2n) is 2.13. The van der Waals surface area contributed by atoms with E-state index >= 15 is 0 Å². The van der Waals surface area contributed by atoms with Gasteiger partial charge in [-0.05, 0) is 12.8 Å². The van der Waals surface area contributed by atoms with E-state index in [-0.39, 0.29) is 0 Å². The monoisotopic (exact) mass is 114 g/mol. The third-order valence-electron chi connectivity index (χ3n) is 1.41.